The first-order valence-corrected chi connectivity index (χ1v) is 6.69. The minimum Gasteiger partial charge on any atom is -0.481 e. The van der Waals surface area contributed by atoms with Gasteiger partial charge in [-0.15, -0.1) is 0 Å². The maximum Gasteiger partial charge on any atom is 0.317 e. The molecule has 2 amide bonds. The van der Waals surface area contributed by atoms with Crippen LogP contribution in [0.2, 0.25) is 0 Å². The van der Waals surface area contributed by atoms with Gasteiger partial charge in [-0.3, -0.25) is 4.79 Å². The van der Waals surface area contributed by atoms with Crippen LogP contribution < -0.4 is 5.32 Å². The molecular formula is C15H18N2O4. The minimum atomic E-state index is -0.931. The Balaban J connectivity index is 1.98. The summed E-state index contributed by atoms with van der Waals surface area (Å²) in [7, 11) is 1.56. The zero-order valence-electron chi connectivity index (χ0n) is 12.0. The third kappa shape index (κ3) is 3.75. The summed E-state index contributed by atoms with van der Waals surface area (Å²) in [5.74, 6) is -0.267. The normalized spacial score (nSPS) is 12.1. The first-order valence-electron chi connectivity index (χ1n) is 6.69. The van der Waals surface area contributed by atoms with Gasteiger partial charge >= 0.3 is 12.0 Å². The molecule has 0 aliphatic heterocycles. The van der Waals surface area contributed by atoms with Gasteiger partial charge in [-0.2, -0.15) is 0 Å². The van der Waals surface area contributed by atoms with Gasteiger partial charge in [0.25, 0.3) is 0 Å². The molecule has 1 heterocycles. The maximum atomic E-state index is 11.9. The van der Waals surface area contributed by atoms with Crippen molar-refractivity contribution >= 4 is 23.0 Å². The molecule has 0 aliphatic carbocycles. The molecule has 0 saturated carbocycles. The lowest BCUT2D eigenvalue weighted by Crippen LogP contribution is -2.39. The number of benzene rings is 1. The van der Waals surface area contributed by atoms with Crippen LogP contribution in [0.25, 0.3) is 11.0 Å². The number of amides is 2. The number of carbonyl (C=O) groups is 2. The highest BCUT2D eigenvalue weighted by atomic mass is 16.4. The van der Waals surface area contributed by atoms with Gasteiger partial charge in [-0.05, 0) is 19.1 Å². The van der Waals surface area contributed by atoms with E-state index >= 15 is 0 Å². The number of hydrogen-bond donors (Lipinski definition) is 2. The van der Waals surface area contributed by atoms with E-state index < -0.39 is 5.97 Å². The van der Waals surface area contributed by atoms with Crippen LogP contribution in [-0.4, -0.2) is 35.6 Å². The molecule has 0 radical (unpaired) electrons. The fourth-order valence-corrected chi connectivity index (χ4v) is 1.95. The highest BCUT2D eigenvalue weighted by Crippen LogP contribution is 2.23. The van der Waals surface area contributed by atoms with Gasteiger partial charge in [0.1, 0.15) is 11.3 Å². The van der Waals surface area contributed by atoms with E-state index in [2.05, 4.69) is 5.32 Å². The highest BCUT2D eigenvalue weighted by molar-refractivity contribution is 5.78. The van der Waals surface area contributed by atoms with Gasteiger partial charge in [0, 0.05) is 19.0 Å². The monoisotopic (exact) mass is 290 g/mol. The summed E-state index contributed by atoms with van der Waals surface area (Å²) >= 11 is 0. The van der Waals surface area contributed by atoms with Crippen LogP contribution >= 0.6 is 0 Å². The number of aliphatic carboxylic acids is 1. The fraction of sp³-hybridized carbons (Fsp3) is 0.333. The third-order valence-electron chi connectivity index (χ3n) is 3.22. The van der Waals surface area contributed by atoms with Crippen molar-refractivity contribution in [1.29, 1.82) is 0 Å². The zero-order chi connectivity index (χ0) is 15.4. The van der Waals surface area contributed by atoms with E-state index in [1.54, 1.807) is 7.05 Å². The maximum absolute atomic E-state index is 11.9. The Hall–Kier alpha value is -2.50. The van der Waals surface area contributed by atoms with Crippen LogP contribution in [0.15, 0.2) is 34.7 Å². The Kier molecular flexibility index (Phi) is 4.47. The van der Waals surface area contributed by atoms with Gasteiger partial charge in [-0.25, -0.2) is 4.79 Å². The minimum absolute atomic E-state index is 0.0804. The molecule has 6 heteroatoms. The molecule has 2 aromatic rings. The first kappa shape index (κ1) is 14.9. The summed E-state index contributed by atoms with van der Waals surface area (Å²) < 4.78 is 5.68. The molecule has 2 N–H and O–H groups in total. The largest absolute Gasteiger partial charge is 0.481 e. The van der Waals surface area contributed by atoms with Gasteiger partial charge in [0.2, 0.25) is 0 Å². The number of nitrogens with zero attached hydrogens (tertiary/aromatic N) is 1. The lowest BCUT2D eigenvalue weighted by atomic mass is 10.2. The van der Waals surface area contributed by atoms with Crippen molar-refractivity contribution in [2.45, 2.75) is 19.4 Å². The van der Waals surface area contributed by atoms with E-state index in [0.29, 0.717) is 5.76 Å². The SMILES string of the molecule is C[C@H](NC(=O)N(C)CCC(=O)O)c1cc2ccccc2o1. The predicted molar refractivity (Wildman–Crippen MR) is 78.0 cm³/mol. The van der Waals surface area contributed by atoms with Crippen LogP contribution in [0, 0.1) is 0 Å². The smallest absolute Gasteiger partial charge is 0.317 e. The molecule has 112 valence electrons. The van der Waals surface area contributed by atoms with Crippen LogP contribution in [0.4, 0.5) is 4.79 Å². The molecule has 6 nitrogen and oxygen atoms in total. The summed E-state index contributed by atoms with van der Waals surface area (Å²) in [4.78, 5) is 23.8. The number of carbonyl (C=O) groups excluding carboxylic acids is 1. The molecular weight excluding hydrogens is 272 g/mol. The van der Waals surface area contributed by atoms with E-state index in [1.165, 1.54) is 4.90 Å². The van der Waals surface area contributed by atoms with E-state index in [9.17, 15) is 9.59 Å². The Morgan fingerprint density at radius 1 is 1.38 bits per heavy atom. The Bertz CT molecular complexity index is 617. The van der Waals surface area contributed by atoms with Gasteiger partial charge in [-0.1, -0.05) is 18.2 Å². The average molecular weight is 290 g/mol. The molecule has 0 spiro atoms. The number of fused-ring (bicyclic) bond motifs is 1. The molecule has 0 fully saturated rings. The van der Waals surface area contributed by atoms with Crippen molar-refractivity contribution in [3.8, 4) is 0 Å². The second-order valence-corrected chi connectivity index (χ2v) is 4.92. The lowest BCUT2D eigenvalue weighted by molar-refractivity contribution is -0.137. The number of nitrogens with one attached hydrogen (secondary N) is 1. The van der Waals surface area contributed by atoms with Crippen molar-refractivity contribution in [2.75, 3.05) is 13.6 Å². The van der Waals surface area contributed by atoms with E-state index in [1.807, 2.05) is 37.3 Å². The third-order valence-corrected chi connectivity index (χ3v) is 3.22. The molecule has 1 aromatic carbocycles. The fourth-order valence-electron chi connectivity index (χ4n) is 1.95. The number of urea groups is 1. The summed E-state index contributed by atoms with van der Waals surface area (Å²) in [5, 5.41) is 12.4. The van der Waals surface area contributed by atoms with Crippen LogP contribution in [0.5, 0.6) is 0 Å². The van der Waals surface area contributed by atoms with Crippen LogP contribution in [0.3, 0.4) is 0 Å². The molecule has 0 saturated heterocycles. The van der Waals surface area contributed by atoms with E-state index in [-0.39, 0.29) is 25.0 Å². The van der Waals surface area contributed by atoms with Crippen molar-refractivity contribution in [3.63, 3.8) is 0 Å². The Morgan fingerprint density at radius 2 is 2.10 bits per heavy atom. The first-order chi connectivity index (χ1) is 9.97. The predicted octanol–water partition coefficient (Wildman–Crippen LogP) is 2.61. The molecule has 0 bridgehead atoms. The number of hydrogen-bond acceptors (Lipinski definition) is 3. The standard InChI is InChI=1S/C15H18N2O4/c1-10(16-15(20)17(2)8-7-14(18)19)13-9-11-5-3-4-6-12(11)21-13/h3-6,9-10H,7-8H2,1-2H3,(H,16,20)(H,18,19)/t10-/m0/s1. The van der Waals surface area contributed by atoms with Crippen LogP contribution in [0.1, 0.15) is 25.1 Å². The van der Waals surface area contributed by atoms with Gasteiger partial charge in [0.15, 0.2) is 0 Å². The van der Waals surface area contributed by atoms with Crippen molar-refractivity contribution in [2.24, 2.45) is 0 Å². The van der Waals surface area contributed by atoms with Crippen molar-refractivity contribution in [3.05, 3.63) is 36.1 Å². The molecule has 0 unspecified atom stereocenters. The van der Waals surface area contributed by atoms with E-state index in [4.69, 9.17) is 9.52 Å². The zero-order valence-corrected chi connectivity index (χ0v) is 12.0. The number of furan rings is 1. The van der Waals surface area contributed by atoms with Crippen molar-refractivity contribution < 1.29 is 19.1 Å². The number of carboxylic acids is 1. The Morgan fingerprint density at radius 3 is 2.76 bits per heavy atom. The average Bonchev–Trinajstić information content (AvgIpc) is 2.88. The van der Waals surface area contributed by atoms with E-state index in [0.717, 1.165) is 11.0 Å². The number of para-hydroxylation sites is 1. The summed E-state index contributed by atoms with van der Waals surface area (Å²) in [5.41, 5.74) is 0.771. The molecule has 21 heavy (non-hydrogen) atoms. The van der Waals surface area contributed by atoms with Gasteiger partial charge < -0.3 is 19.7 Å². The molecule has 0 aliphatic rings. The molecule has 1 aromatic heterocycles. The summed E-state index contributed by atoms with van der Waals surface area (Å²) in [6, 6.07) is 8.88. The lowest BCUT2D eigenvalue weighted by Gasteiger charge is -2.19. The topological polar surface area (TPSA) is 82.8 Å². The number of carboxylic acid groups (broad SMARTS) is 1. The molecule has 1 atom stereocenters. The van der Waals surface area contributed by atoms with Gasteiger partial charge in [0.05, 0.1) is 12.5 Å². The summed E-state index contributed by atoms with van der Waals surface area (Å²) in [6.07, 6.45) is -0.0804. The Labute approximate surface area is 122 Å². The second-order valence-electron chi connectivity index (χ2n) is 4.92. The van der Waals surface area contributed by atoms with Crippen molar-refractivity contribution in [1.82, 2.24) is 10.2 Å². The second kappa shape index (κ2) is 6.30. The number of rotatable bonds is 5. The van der Waals surface area contributed by atoms with Crippen LogP contribution in [-0.2, 0) is 4.79 Å². The quantitative estimate of drug-likeness (QED) is 0.886. The highest BCUT2D eigenvalue weighted by Gasteiger charge is 2.17. The molecule has 2 rings (SSSR count). The summed E-state index contributed by atoms with van der Waals surface area (Å²) in [6.45, 7) is 1.98.